The topological polar surface area (TPSA) is 30.5 Å². The number of nitrogens with one attached hydrogen (secondary N) is 1. The summed E-state index contributed by atoms with van der Waals surface area (Å²) in [5.74, 6) is 0.705. The van der Waals surface area contributed by atoms with Crippen molar-refractivity contribution in [2.24, 2.45) is 11.3 Å². The molecule has 1 N–H and O–H groups in total. The maximum absolute atomic E-state index is 5.76. The number of ether oxygens (including phenoxy) is 2. The van der Waals surface area contributed by atoms with E-state index in [0.29, 0.717) is 12.0 Å². The highest BCUT2D eigenvalue weighted by molar-refractivity contribution is 4.91. The van der Waals surface area contributed by atoms with Crippen LogP contribution in [0.15, 0.2) is 0 Å². The maximum Gasteiger partial charge on any atom is 0.0617 e. The molecule has 0 amide bonds. The molecule has 1 heterocycles. The van der Waals surface area contributed by atoms with Crippen LogP contribution in [0, 0.1) is 11.3 Å². The zero-order chi connectivity index (χ0) is 12.7. The van der Waals surface area contributed by atoms with Crippen LogP contribution in [0.5, 0.6) is 0 Å². The van der Waals surface area contributed by atoms with E-state index in [2.05, 4.69) is 33.0 Å². The van der Waals surface area contributed by atoms with Crippen molar-refractivity contribution in [3.8, 4) is 0 Å². The van der Waals surface area contributed by atoms with E-state index in [1.54, 1.807) is 0 Å². The Balaban J connectivity index is 2.41. The fourth-order valence-corrected chi connectivity index (χ4v) is 2.50. The van der Waals surface area contributed by atoms with Gasteiger partial charge in [-0.15, -0.1) is 0 Å². The van der Waals surface area contributed by atoms with Crippen molar-refractivity contribution in [2.75, 3.05) is 32.9 Å². The molecule has 1 aliphatic heterocycles. The lowest BCUT2D eigenvalue weighted by molar-refractivity contribution is 0.0350. The second kappa shape index (κ2) is 7.34. The number of hydrogen-bond acceptors (Lipinski definition) is 3. The second-order valence-corrected chi connectivity index (χ2v) is 5.60. The van der Waals surface area contributed by atoms with Gasteiger partial charge in [0.05, 0.1) is 6.10 Å². The molecule has 2 unspecified atom stereocenters. The van der Waals surface area contributed by atoms with Crippen LogP contribution in [0.25, 0.3) is 0 Å². The molecule has 0 aromatic heterocycles. The van der Waals surface area contributed by atoms with Gasteiger partial charge in [-0.25, -0.2) is 0 Å². The van der Waals surface area contributed by atoms with Gasteiger partial charge in [-0.3, -0.25) is 0 Å². The predicted octanol–water partition coefficient (Wildman–Crippen LogP) is 2.45. The number of rotatable bonds is 8. The summed E-state index contributed by atoms with van der Waals surface area (Å²) in [6.45, 7) is 13.5. The minimum Gasteiger partial charge on any atom is -0.382 e. The standard InChI is InChI=1S/C14H29NO2/c1-5-16-8-6-14(7-9-17-13(14)4)11-15-10-12(2)3/h12-13,15H,5-11H2,1-4H3. The third-order valence-electron chi connectivity index (χ3n) is 3.81. The van der Waals surface area contributed by atoms with Gasteiger partial charge in [0.2, 0.25) is 0 Å². The molecular formula is C14H29NO2. The summed E-state index contributed by atoms with van der Waals surface area (Å²) in [6, 6.07) is 0. The average molecular weight is 243 g/mol. The highest BCUT2D eigenvalue weighted by Gasteiger charge is 2.40. The Hall–Kier alpha value is -0.120. The molecule has 1 saturated heterocycles. The summed E-state index contributed by atoms with van der Waals surface area (Å²) in [5, 5.41) is 3.59. The van der Waals surface area contributed by atoms with Gasteiger partial charge in [0.25, 0.3) is 0 Å². The summed E-state index contributed by atoms with van der Waals surface area (Å²) in [4.78, 5) is 0. The van der Waals surface area contributed by atoms with Gasteiger partial charge in [0.1, 0.15) is 0 Å². The first kappa shape index (κ1) is 14.9. The first-order chi connectivity index (χ1) is 8.10. The Morgan fingerprint density at radius 2 is 2.24 bits per heavy atom. The molecule has 0 radical (unpaired) electrons. The molecule has 0 aliphatic carbocycles. The zero-order valence-electron chi connectivity index (χ0n) is 11.9. The molecule has 2 atom stereocenters. The summed E-state index contributed by atoms with van der Waals surface area (Å²) < 4.78 is 11.3. The van der Waals surface area contributed by atoms with Crippen LogP contribution < -0.4 is 5.32 Å². The number of hydrogen-bond donors (Lipinski definition) is 1. The van der Waals surface area contributed by atoms with E-state index in [4.69, 9.17) is 9.47 Å². The first-order valence-electron chi connectivity index (χ1n) is 7.01. The fraction of sp³-hybridized carbons (Fsp3) is 1.00. The molecule has 1 fully saturated rings. The summed E-state index contributed by atoms with van der Waals surface area (Å²) in [6.07, 6.45) is 2.61. The van der Waals surface area contributed by atoms with Gasteiger partial charge in [-0.2, -0.15) is 0 Å². The molecule has 3 heteroatoms. The molecule has 17 heavy (non-hydrogen) atoms. The lowest BCUT2D eigenvalue weighted by Crippen LogP contribution is -2.41. The van der Waals surface area contributed by atoms with Crippen LogP contribution in [0.3, 0.4) is 0 Å². The second-order valence-electron chi connectivity index (χ2n) is 5.60. The van der Waals surface area contributed by atoms with Crippen LogP contribution in [0.1, 0.15) is 40.5 Å². The summed E-state index contributed by atoms with van der Waals surface area (Å²) in [7, 11) is 0. The van der Waals surface area contributed by atoms with Crippen LogP contribution in [-0.2, 0) is 9.47 Å². The summed E-state index contributed by atoms with van der Waals surface area (Å²) in [5.41, 5.74) is 0.282. The fourth-order valence-electron chi connectivity index (χ4n) is 2.50. The average Bonchev–Trinajstić information content (AvgIpc) is 2.61. The predicted molar refractivity (Wildman–Crippen MR) is 71.3 cm³/mol. The van der Waals surface area contributed by atoms with E-state index in [1.807, 2.05) is 0 Å². The molecule has 1 rings (SSSR count). The van der Waals surface area contributed by atoms with Gasteiger partial charge >= 0.3 is 0 Å². The molecule has 1 aliphatic rings. The van der Waals surface area contributed by atoms with Crippen LogP contribution in [-0.4, -0.2) is 39.0 Å². The van der Waals surface area contributed by atoms with E-state index in [-0.39, 0.29) is 5.41 Å². The molecular weight excluding hydrogens is 214 g/mol. The minimum atomic E-state index is 0.282. The van der Waals surface area contributed by atoms with E-state index >= 15 is 0 Å². The van der Waals surface area contributed by atoms with Crippen molar-refractivity contribution in [2.45, 2.75) is 46.6 Å². The van der Waals surface area contributed by atoms with Gasteiger partial charge in [-0.1, -0.05) is 13.8 Å². The zero-order valence-corrected chi connectivity index (χ0v) is 11.9. The lowest BCUT2D eigenvalue weighted by atomic mass is 9.78. The molecule has 0 spiro atoms. The Morgan fingerprint density at radius 3 is 2.76 bits per heavy atom. The molecule has 0 aromatic rings. The smallest absolute Gasteiger partial charge is 0.0617 e. The Bertz CT molecular complexity index is 208. The van der Waals surface area contributed by atoms with Gasteiger partial charge in [0, 0.05) is 31.8 Å². The van der Waals surface area contributed by atoms with E-state index in [0.717, 1.165) is 45.8 Å². The van der Waals surface area contributed by atoms with E-state index in [9.17, 15) is 0 Å². The van der Waals surface area contributed by atoms with Crippen LogP contribution >= 0.6 is 0 Å². The van der Waals surface area contributed by atoms with Crippen molar-refractivity contribution in [3.05, 3.63) is 0 Å². The largest absolute Gasteiger partial charge is 0.382 e. The minimum absolute atomic E-state index is 0.282. The SMILES string of the molecule is CCOCCC1(CNCC(C)C)CCOC1C. The molecule has 0 saturated carbocycles. The van der Waals surface area contributed by atoms with Crippen molar-refractivity contribution >= 4 is 0 Å². The highest BCUT2D eigenvalue weighted by Crippen LogP contribution is 2.37. The van der Waals surface area contributed by atoms with Gasteiger partial charge in [-0.05, 0) is 39.2 Å². The van der Waals surface area contributed by atoms with Crippen molar-refractivity contribution in [3.63, 3.8) is 0 Å². The Kier molecular flexibility index (Phi) is 6.45. The monoisotopic (exact) mass is 243 g/mol. The maximum atomic E-state index is 5.76. The first-order valence-corrected chi connectivity index (χ1v) is 7.01. The van der Waals surface area contributed by atoms with Crippen molar-refractivity contribution < 1.29 is 9.47 Å². The van der Waals surface area contributed by atoms with E-state index in [1.165, 1.54) is 0 Å². The molecule has 102 valence electrons. The van der Waals surface area contributed by atoms with Crippen molar-refractivity contribution in [1.29, 1.82) is 0 Å². The van der Waals surface area contributed by atoms with Crippen LogP contribution in [0.4, 0.5) is 0 Å². The van der Waals surface area contributed by atoms with Gasteiger partial charge < -0.3 is 14.8 Å². The normalized spacial score (nSPS) is 29.1. The van der Waals surface area contributed by atoms with E-state index < -0.39 is 0 Å². The highest BCUT2D eigenvalue weighted by atomic mass is 16.5. The third kappa shape index (κ3) is 4.57. The van der Waals surface area contributed by atoms with Gasteiger partial charge in [0.15, 0.2) is 0 Å². The molecule has 0 aromatic carbocycles. The van der Waals surface area contributed by atoms with Crippen molar-refractivity contribution in [1.82, 2.24) is 5.32 Å². The third-order valence-corrected chi connectivity index (χ3v) is 3.81. The van der Waals surface area contributed by atoms with Crippen LogP contribution in [0.2, 0.25) is 0 Å². The quantitative estimate of drug-likeness (QED) is 0.664. The molecule has 0 bridgehead atoms. The Morgan fingerprint density at radius 1 is 1.47 bits per heavy atom. The Labute approximate surface area is 106 Å². The summed E-state index contributed by atoms with van der Waals surface area (Å²) >= 11 is 0. The lowest BCUT2D eigenvalue weighted by Gasteiger charge is -2.33. The molecule has 3 nitrogen and oxygen atoms in total.